The Hall–Kier alpha value is -2.34. The molecule has 1 aliphatic rings. The number of aliphatic carboxylic acids is 1. The lowest BCUT2D eigenvalue weighted by atomic mass is 10.2. The quantitative estimate of drug-likeness (QED) is 0.646. The molecule has 0 radical (unpaired) electrons. The molecule has 0 spiro atoms. The van der Waals surface area contributed by atoms with Gasteiger partial charge < -0.3 is 25.0 Å². The van der Waals surface area contributed by atoms with Crippen LogP contribution >= 0.6 is 0 Å². The maximum Gasteiger partial charge on any atom is 0.248 e. The molecule has 21 heavy (non-hydrogen) atoms. The molecule has 0 unspecified atom stereocenters. The van der Waals surface area contributed by atoms with Crippen LogP contribution in [0.3, 0.4) is 0 Å². The number of nitrogens with one attached hydrogen (secondary N) is 2. The van der Waals surface area contributed by atoms with Gasteiger partial charge in [-0.05, 0) is 30.3 Å². The van der Waals surface area contributed by atoms with E-state index >= 15 is 0 Å². The minimum atomic E-state index is -1.39. The third-order valence-corrected chi connectivity index (χ3v) is 3.49. The van der Waals surface area contributed by atoms with Crippen molar-refractivity contribution in [3.8, 4) is 0 Å². The molecule has 2 N–H and O–H groups in total. The largest absolute Gasteiger partial charge is 0.545 e. The first-order chi connectivity index (χ1) is 10.0. The topological polar surface area (TPSA) is 76.9 Å². The minimum Gasteiger partial charge on any atom is -0.545 e. The van der Waals surface area contributed by atoms with Crippen LogP contribution in [0.1, 0.15) is 0 Å². The molecule has 1 aromatic carbocycles. The van der Waals surface area contributed by atoms with Gasteiger partial charge in [-0.25, -0.2) is 0 Å². The molecule has 0 aromatic heterocycles. The van der Waals surface area contributed by atoms with Crippen molar-refractivity contribution in [2.45, 2.75) is 0 Å². The fraction of sp³-hybridized carbons (Fsp3) is 0.333. The van der Waals surface area contributed by atoms with Crippen molar-refractivity contribution in [1.82, 2.24) is 0 Å². The highest BCUT2D eigenvalue weighted by Crippen LogP contribution is 2.17. The Balaban J connectivity index is 1.93. The van der Waals surface area contributed by atoms with Gasteiger partial charge in [-0.3, -0.25) is 4.79 Å². The van der Waals surface area contributed by atoms with Crippen LogP contribution in [0, 0.1) is 0 Å². The van der Waals surface area contributed by atoms with Crippen LogP contribution in [0.25, 0.3) is 0 Å². The van der Waals surface area contributed by atoms with Gasteiger partial charge in [0.05, 0.1) is 39.2 Å². The molecule has 1 fully saturated rings. The molecular formula is C15H19N3O3. The third kappa shape index (κ3) is 4.61. The van der Waals surface area contributed by atoms with Crippen LogP contribution in [-0.4, -0.2) is 45.1 Å². The lowest BCUT2D eigenvalue weighted by Crippen LogP contribution is -3.12. The maximum atomic E-state index is 11.4. The normalized spacial score (nSPS) is 16.1. The number of piperazine rings is 1. The van der Waals surface area contributed by atoms with Gasteiger partial charge in [-0.1, -0.05) is 0 Å². The average Bonchev–Trinajstić information content (AvgIpc) is 2.47. The van der Waals surface area contributed by atoms with Crippen molar-refractivity contribution < 1.29 is 19.6 Å². The van der Waals surface area contributed by atoms with E-state index in [9.17, 15) is 14.7 Å². The Bertz CT molecular complexity index is 532. The van der Waals surface area contributed by atoms with Crippen molar-refractivity contribution in [1.29, 1.82) is 0 Å². The van der Waals surface area contributed by atoms with E-state index in [0.29, 0.717) is 11.8 Å². The van der Waals surface area contributed by atoms with Gasteiger partial charge in [-0.2, -0.15) is 0 Å². The number of amides is 1. The summed E-state index contributed by atoms with van der Waals surface area (Å²) in [6.07, 6.45) is 1.64. The van der Waals surface area contributed by atoms with Gasteiger partial charge in [0, 0.05) is 17.5 Å². The molecule has 1 aliphatic heterocycles. The molecule has 112 valence electrons. The number of hydrogen-bond acceptors (Lipinski definition) is 4. The highest BCUT2D eigenvalue weighted by molar-refractivity contribution is 6.02. The highest BCUT2D eigenvalue weighted by Gasteiger charge is 2.16. The fourth-order valence-corrected chi connectivity index (χ4v) is 2.23. The number of carbonyl (C=O) groups excluding carboxylic acids is 2. The monoisotopic (exact) mass is 289 g/mol. The second-order valence-electron chi connectivity index (χ2n) is 5.13. The lowest BCUT2D eigenvalue weighted by molar-refractivity contribution is -0.880. The first-order valence-electron chi connectivity index (χ1n) is 6.91. The van der Waals surface area contributed by atoms with E-state index in [4.69, 9.17) is 0 Å². The number of carboxylic acid groups (broad SMARTS) is 1. The Labute approximate surface area is 123 Å². The van der Waals surface area contributed by atoms with Crippen molar-refractivity contribution in [2.75, 3.05) is 43.4 Å². The summed E-state index contributed by atoms with van der Waals surface area (Å²) in [6, 6.07) is 7.54. The van der Waals surface area contributed by atoms with E-state index in [1.165, 1.54) is 4.90 Å². The van der Waals surface area contributed by atoms with Crippen molar-refractivity contribution in [3.63, 3.8) is 0 Å². The van der Waals surface area contributed by atoms with Crippen molar-refractivity contribution in [2.24, 2.45) is 0 Å². The smallest absolute Gasteiger partial charge is 0.248 e. The zero-order chi connectivity index (χ0) is 15.2. The Morgan fingerprint density at radius 3 is 2.38 bits per heavy atom. The van der Waals surface area contributed by atoms with Gasteiger partial charge in [0.2, 0.25) is 5.91 Å². The van der Waals surface area contributed by atoms with Crippen molar-refractivity contribution in [3.05, 3.63) is 36.4 Å². The number of anilines is 2. The SMILES string of the molecule is C[NH+]1CCN(c2ccc(NC(=O)/C=C\C(=O)[O-])cc2)CC1. The summed E-state index contributed by atoms with van der Waals surface area (Å²) in [7, 11) is 2.19. The number of nitrogens with zero attached hydrogens (tertiary/aromatic N) is 1. The van der Waals surface area contributed by atoms with Crippen LogP contribution in [0.4, 0.5) is 11.4 Å². The molecule has 0 aliphatic carbocycles. The highest BCUT2D eigenvalue weighted by atomic mass is 16.4. The van der Waals surface area contributed by atoms with E-state index in [1.807, 2.05) is 24.3 Å². The van der Waals surface area contributed by atoms with E-state index in [1.54, 1.807) is 0 Å². The van der Waals surface area contributed by atoms with Crippen LogP contribution in [0.5, 0.6) is 0 Å². The molecule has 6 heteroatoms. The summed E-state index contributed by atoms with van der Waals surface area (Å²) in [4.78, 5) is 25.5. The Morgan fingerprint density at radius 2 is 1.81 bits per heavy atom. The molecule has 1 aromatic rings. The molecule has 0 atom stereocenters. The standard InChI is InChI=1S/C15H19N3O3/c1-17-8-10-18(11-9-17)13-4-2-12(3-5-13)16-14(19)6-7-15(20)21/h2-7H,8-11H2,1H3,(H,16,19)(H,20,21)/b7-6-. The summed E-state index contributed by atoms with van der Waals surface area (Å²) >= 11 is 0. The van der Waals surface area contributed by atoms with E-state index in [-0.39, 0.29) is 0 Å². The predicted octanol–water partition coefficient (Wildman–Crippen LogP) is -1.73. The van der Waals surface area contributed by atoms with Gasteiger partial charge in [0.1, 0.15) is 0 Å². The van der Waals surface area contributed by atoms with Crippen LogP contribution < -0.4 is 20.2 Å². The van der Waals surface area contributed by atoms with E-state index < -0.39 is 11.9 Å². The fourth-order valence-electron chi connectivity index (χ4n) is 2.23. The summed E-state index contributed by atoms with van der Waals surface area (Å²) in [5.41, 5.74) is 1.76. The zero-order valence-electron chi connectivity index (χ0n) is 12.0. The number of likely N-dealkylation sites (N-methyl/N-ethyl adjacent to an activating group) is 1. The molecule has 0 saturated carbocycles. The summed E-state index contributed by atoms with van der Waals surface area (Å²) in [5.74, 6) is -1.88. The molecule has 1 heterocycles. The summed E-state index contributed by atoms with van der Waals surface area (Å²) in [5, 5.41) is 12.8. The number of carboxylic acids is 1. The number of hydrogen-bond donors (Lipinski definition) is 2. The second kappa shape index (κ2) is 6.90. The van der Waals surface area contributed by atoms with Crippen molar-refractivity contribution >= 4 is 23.3 Å². The zero-order valence-corrected chi connectivity index (χ0v) is 12.0. The molecule has 1 amide bonds. The van der Waals surface area contributed by atoms with Crippen LogP contribution in [0.2, 0.25) is 0 Å². The molecular weight excluding hydrogens is 270 g/mol. The Kier molecular flexibility index (Phi) is 4.94. The first-order valence-corrected chi connectivity index (χ1v) is 6.91. The average molecular weight is 289 g/mol. The van der Waals surface area contributed by atoms with E-state index in [0.717, 1.165) is 37.9 Å². The number of quaternary nitrogens is 1. The predicted molar refractivity (Wildman–Crippen MR) is 78.1 cm³/mol. The van der Waals surface area contributed by atoms with Gasteiger partial charge in [-0.15, -0.1) is 0 Å². The minimum absolute atomic E-state index is 0.491. The van der Waals surface area contributed by atoms with Gasteiger partial charge >= 0.3 is 0 Å². The number of benzene rings is 1. The molecule has 1 saturated heterocycles. The maximum absolute atomic E-state index is 11.4. The molecule has 2 rings (SSSR count). The number of carbonyl (C=O) groups is 2. The lowest BCUT2D eigenvalue weighted by Gasteiger charge is -2.31. The molecule has 0 bridgehead atoms. The van der Waals surface area contributed by atoms with E-state index in [2.05, 4.69) is 17.3 Å². The second-order valence-corrected chi connectivity index (χ2v) is 5.13. The number of rotatable bonds is 4. The first kappa shape index (κ1) is 15.1. The van der Waals surface area contributed by atoms with Crippen LogP contribution in [0.15, 0.2) is 36.4 Å². The van der Waals surface area contributed by atoms with Gasteiger partial charge in [0.25, 0.3) is 0 Å². The Morgan fingerprint density at radius 1 is 1.19 bits per heavy atom. The van der Waals surface area contributed by atoms with Gasteiger partial charge in [0.15, 0.2) is 0 Å². The van der Waals surface area contributed by atoms with Crippen LogP contribution in [-0.2, 0) is 9.59 Å². The summed E-state index contributed by atoms with van der Waals surface area (Å²) in [6.45, 7) is 4.27. The summed E-state index contributed by atoms with van der Waals surface area (Å²) < 4.78 is 0. The molecule has 6 nitrogen and oxygen atoms in total. The third-order valence-electron chi connectivity index (χ3n) is 3.49.